The molecule has 0 saturated carbocycles. The zero-order valence-corrected chi connectivity index (χ0v) is 13.6. The molecule has 1 amide bonds. The largest absolute Gasteiger partial charge is 0.464 e. The van der Waals surface area contributed by atoms with E-state index in [0.717, 1.165) is 39.9 Å². The molecule has 0 aromatic heterocycles. The van der Waals surface area contributed by atoms with Crippen LogP contribution < -0.4 is 9.80 Å². The zero-order valence-electron chi connectivity index (χ0n) is 12.7. The summed E-state index contributed by atoms with van der Waals surface area (Å²) in [6, 6.07) is 13.8. The number of fused-ring (bicyclic) bond motifs is 2. The Labute approximate surface area is 139 Å². The van der Waals surface area contributed by atoms with Gasteiger partial charge in [-0.05, 0) is 43.5 Å². The van der Waals surface area contributed by atoms with Gasteiger partial charge in [-0.25, -0.2) is 9.69 Å². The van der Waals surface area contributed by atoms with Gasteiger partial charge in [-0.15, -0.1) is 0 Å². The van der Waals surface area contributed by atoms with Crippen LogP contribution >= 0.6 is 11.8 Å². The van der Waals surface area contributed by atoms with Crippen LogP contribution in [0.1, 0.15) is 19.3 Å². The Kier molecular flexibility index (Phi) is 3.65. The molecule has 2 heterocycles. The number of amides is 1. The lowest BCUT2D eigenvalue weighted by molar-refractivity contribution is 0.204. The summed E-state index contributed by atoms with van der Waals surface area (Å²) >= 11 is 1.65. The molecular weight excluding hydrogens is 308 g/mol. The Morgan fingerprint density at radius 1 is 0.913 bits per heavy atom. The maximum Gasteiger partial charge on any atom is 0.416 e. The van der Waals surface area contributed by atoms with Crippen molar-refractivity contribution < 1.29 is 9.90 Å². The highest BCUT2D eigenvalue weighted by molar-refractivity contribution is 7.99. The third-order valence-electron chi connectivity index (χ3n) is 4.42. The molecular formula is C18H18N2O2S. The maximum atomic E-state index is 12.0. The van der Waals surface area contributed by atoms with Gasteiger partial charge in [-0.1, -0.05) is 30.0 Å². The molecule has 118 valence electrons. The van der Waals surface area contributed by atoms with Gasteiger partial charge in [0, 0.05) is 22.9 Å². The zero-order chi connectivity index (χ0) is 15.8. The van der Waals surface area contributed by atoms with E-state index in [-0.39, 0.29) is 0 Å². The summed E-state index contributed by atoms with van der Waals surface area (Å²) in [6.07, 6.45) is 2.66. The quantitative estimate of drug-likeness (QED) is 0.804. The van der Waals surface area contributed by atoms with Crippen LogP contribution in [0.5, 0.6) is 0 Å². The SMILES string of the molecule is O=C(O)N1c2ccccc2Sc2cccc(N3CCCCC3)c21. The highest BCUT2D eigenvalue weighted by Gasteiger charge is 2.31. The predicted octanol–water partition coefficient (Wildman–Crippen LogP) is 4.96. The van der Waals surface area contributed by atoms with Gasteiger partial charge in [0.15, 0.2) is 0 Å². The molecule has 2 aromatic rings. The Bertz CT molecular complexity index is 756. The van der Waals surface area contributed by atoms with Crippen LogP contribution in [0.25, 0.3) is 0 Å². The fraction of sp³-hybridized carbons (Fsp3) is 0.278. The highest BCUT2D eigenvalue weighted by Crippen LogP contribution is 2.51. The van der Waals surface area contributed by atoms with Crippen molar-refractivity contribution in [2.75, 3.05) is 22.9 Å². The number of nitrogens with zero attached hydrogens (tertiary/aromatic N) is 2. The third kappa shape index (κ3) is 2.45. The number of anilines is 3. The molecule has 0 bridgehead atoms. The minimum absolute atomic E-state index is 0.752. The standard InChI is InChI=1S/C18H18N2O2S/c21-18(22)20-13-7-2-3-9-15(13)23-16-10-6-8-14(17(16)20)19-11-4-1-5-12-19/h2-3,6-10H,1,4-5,11-12H2,(H,21,22). The molecule has 0 radical (unpaired) electrons. The lowest BCUT2D eigenvalue weighted by Crippen LogP contribution is -2.33. The maximum absolute atomic E-state index is 12.0. The molecule has 0 atom stereocenters. The van der Waals surface area contributed by atoms with Crippen LogP contribution in [0.3, 0.4) is 0 Å². The van der Waals surface area contributed by atoms with Gasteiger partial charge in [-0.2, -0.15) is 0 Å². The number of benzene rings is 2. The van der Waals surface area contributed by atoms with E-state index in [1.807, 2.05) is 36.4 Å². The second kappa shape index (κ2) is 5.81. The molecule has 2 aliphatic heterocycles. The second-order valence-corrected chi connectivity index (χ2v) is 6.94. The summed E-state index contributed by atoms with van der Waals surface area (Å²) in [7, 11) is 0. The summed E-state index contributed by atoms with van der Waals surface area (Å²) < 4.78 is 0. The summed E-state index contributed by atoms with van der Waals surface area (Å²) in [4.78, 5) is 17.8. The van der Waals surface area contributed by atoms with Crippen LogP contribution in [0.2, 0.25) is 0 Å². The number of para-hydroxylation sites is 2. The third-order valence-corrected chi connectivity index (χ3v) is 5.53. The van der Waals surface area contributed by atoms with Crippen molar-refractivity contribution in [3.63, 3.8) is 0 Å². The molecule has 2 aromatic carbocycles. The fourth-order valence-electron chi connectivity index (χ4n) is 3.37. The Balaban J connectivity index is 1.87. The molecule has 1 fully saturated rings. The van der Waals surface area contributed by atoms with E-state index < -0.39 is 6.09 Å². The highest BCUT2D eigenvalue weighted by atomic mass is 32.2. The van der Waals surface area contributed by atoms with Gasteiger partial charge in [0.2, 0.25) is 0 Å². The minimum atomic E-state index is -0.927. The number of carboxylic acid groups (broad SMARTS) is 1. The Morgan fingerprint density at radius 3 is 2.39 bits per heavy atom. The van der Waals surface area contributed by atoms with E-state index in [4.69, 9.17) is 0 Å². The molecule has 0 spiro atoms. The molecule has 1 saturated heterocycles. The number of hydrogen-bond acceptors (Lipinski definition) is 3. The first-order valence-corrected chi connectivity index (χ1v) is 8.75. The smallest absolute Gasteiger partial charge is 0.416 e. The first-order valence-electron chi connectivity index (χ1n) is 7.93. The lowest BCUT2D eigenvalue weighted by atomic mass is 10.1. The summed E-state index contributed by atoms with van der Waals surface area (Å²) in [6.45, 7) is 1.99. The molecule has 0 unspecified atom stereocenters. The van der Waals surface area contributed by atoms with E-state index in [1.165, 1.54) is 24.2 Å². The Hall–Kier alpha value is -2.14. The summed E-state index contributed by atoms with van der Waals surface area (Å²) in [5.41, 5.74) is 2.60. The van der Waals surface area contributed by atoms with Gasteiger partial charge in [0.25, 0.3) is 0 Å². The van der Waals surface area contributed by atoms with E-state index in [2.05, 4.69) is 11.0 Å². The molecule has 4 nitrogen and oxygen atoms in total. The van der Waals surface area contributed by atoms with Crippen LogP contribution in [-0.2, 0) is 0 Å². The average Bonchev–Trinajstić information content (AvgIpc) is 2.59. The van der Waals surface area contributed by atoms with Crippen molar-refractivity contribution in [2.45, 2.75) is 29.1 Å². The van der Waals surface area contributed by atoms with Crippen LogP contribution in [0, 0.1) is 0 Å². The second-order valence-electron chi connectivity index (χ2n) is 5.86. The minimum Gasteiger partial charge on any atom is -0.464 e. The van der Waals surface area contributed by atoms with Crippen molar-refractivity contribution in [2.24, 2.45) is 0 Å². The monoisotopic (exact) mass is 326 g/mol. The molecule has 5 heteroatoms. The molecule has 0 aliphatic carbocycles. The molecule has 23 heavy (non-hydrogen) atoms. The van der Waals surface area contributed by atoms with Crippen LogP contribution in [-0.4, -0.2) is 24.3 Å². The van der Waals surface area contributed by atoms with Gasteiger partial charge >= 0.3 is 6.09 Å². The van der Waals surface area contributed by atoms with E-state index >= 15 is 0 Å². The first kappa shape index (κ1) is 14.5. The Morgan fingerprint density at radius 2 is 1.61 bits per heavy atom. The normalized spacial score (nSPS) is 16.7. The van der Waals surface area contributed by atoms with Crippen LogP contribution in [0.15, 0.2) is 52.3 Å². The first-order chi connectivity index (χ1) is 11.3. The van der Waals surface area contributed by atoms with Crippen molar-refractivity contribution in [3.8, 4) is 0 Å². The molecule has 1 N–H and O–H groups in total. The van der Waals surface area contributed by atoms with E-state index in [9.17, 15) is 9.90 Å². The molecule has 4 rings (SSSR count). The van der Waals surface area contributed by atoms with Crippen molar-refractivity contribution in [1.82, 2.24) is 0 Å². The lowest BCUT2D eigenvalue weighted by Gasteiger charge is -2.36. The van der Waals surface area contributed by atoms with E-state index in [1.54, 1.807) is 11.8 Å². The summed E-state index contributed by atoms with van der Waals surface area (Å²) in [5.74, 6) is 0. The van der Waals surface area contributed by atoms with Crippen LogP contribution in [0.4, 0.5) is 21.9 Å². The summed E-state index contributed by atoms with van der Waals surface area (Å²) in [5, 5.41) is 9.85. The van der Waals surface area contributed by atoms with Gasteiger partial charge in [-0.3, -0.25) is 0 Å². The number of carbonyl (C=O) groups is 1. The number of piperidine rings is 1. The van der Waals surface area contributed by atoms with E-state index in [0.29, 0.717) is 0 Å². The fourth-order valence-corrected chi connectivity index (χ4v) is 4.46. The van der Waals surface area contributed by atoms with Gasteiger partial charge < -0.3 is 10.0 Å². The number of rotatable bonds is 1. The van der Waals surface area contributed by atoms with Gasteiger partial charge in [0.1, 0.15) is 0 Å². The topological polar surface area (TPSA) is 43.8 Å². The molecule has 2 aliphatic rings. The average molecular weight is 326 g/mol. The van der Waals surface area contributed by atoms with Crippen molar-refractivity contribution in [1.29, 1.82) is 0 Å². The van der Waals surface area contributed by atoms with Crippen molar-refractivity contribution >= 4 is 34.9 Å². The predicted molar refractivity (Wildman–Crippen MR) is 93.2 cm³/mol. The van der Waals surface area contributed by atoms with Crippen molar-refractivity contribution in [3.05, 3.63) is 42.5 Å². The van der Waals surface area contributed by atoms with Gasteiger partial charge in [0.05, 0.1) is 17.1 Å². The number of hydrogen-bond donors (Lipinski definition) is 1.